The lowest BCUT2D eigenvalue weighted by Gasteiger charge is -2.32. The highest BCUT2D eigenvalue weighted by Crippen LogP contribution is 2.38. The molecule has 2 fully saturated rings. The molecule has 1 aromatic carbocycles. The van der Waals surface area contributed by atoms with E-state index < -0.39 is 5.97 Å². The standard InChI is InChI=1S/C16H20N2O3/c1-11-2-5-13(6-3-11)18(10-15(19)20)16(21)17-9-12-4-7-14(17)8-12/h2-3,5-6,12,14H,4,7-10H2,1H3,(H,19,20). The zero-order chi connectivity index (χ0) is 15.0. The van der Waals surface area contributed by atoms with Crippen molar-refractivity contribution in [2.75, 3.05) is 18.0 Å². The second-order valence-corrected chi connectivity index (χ2v) is 6.08. The van der Waals surface area contributed by atoms with Crippen molar-refractivity contribution in [3.05, 3.63) is 29.8 Å². The molecule has 1 aliphatic heterocycles. The predicted octanol–water partition coefficient (Wildman–Crippen LogP) is 2.49. The van der Waals surface area contributed by atoms with Crippen molar-refractivity contribution in [1.82, 2.24) is 4.90 Å². The largest absolute Gasteiger partial charge is 0.480 e. The molecule has 2 bridgehead atoms. The highest BCUT2D eigenvalue weighted by atomic mass is 16.4. The number of hydrogen-bond acceptors (Lipinski definition) is 2. The summed E-state index contributed by atoms with van der Waals surface area (Å²) in [4.78, 5) is 27.1. The maximum Gasteiger partial charge on any atom is 0.325 e. The first-order valence-electron chi connectivity index (χ1n) is 7.41. The van der Waals surface area contributed by atoms with E-state index in [9.17, 15) is 9.59 Å². The normalized spacial score (nSPS) is 23.4. The summed E-state index contributed by atoms with van der Waals surface area (Å²) in [7, 11) is 0. The van der Waals surface area contributed by atoms with Gasteiger partial charge in [0.15, 0.2) is 0 Å². The molecule has 2 aliphatic rings. The minimum atomic E-state index is -0.992. The van der Waals surface area contributed by atoms with E-state index in [-0.39, 0.29) is 12.6 Å². The Balaban J connectivity index is 1.83. The fraction of sp³-hybridized carbons (Fsp3) is 0.500. The van der Waals surface area contributed by atoms with Gasteiger partial charge in [0.05, 0.1) is 0 Å². The highest BCUT2D eigenvalue weighted by Gasteiger charge is 2.42. The van der Waals surface area contributed by atoms with Crippen LogP contribution in [0.5, 0.6) is 0 Å². The number of anilines is 1. The van der Waals surface area contributed by atoms with Crippen molar-refractivity contribution >= 4 is 17.7 Å². The number of carbonyl (C=O) groups is 2. The molecule has 2 amide bonds. The lowest BCUT2D eigenvalue weighted by atomic mass is 10.1. The van der Waals surface area contributed by atoms with Gasteiger partial charge in [-0.05, 0) is 44.2 Å². The molecule has 1 saturated carbocycles. The van der Waals surface area contributed by atoms with Gasteiger partial charge < -0.3 is 10.0 Å². The number of fused-ring (bicyclic) bond motifs is 2. The second-order valence-electron chi connectivity index (χ2n) is 6.08. The number of hydrogen-bond donors (Lipinski definition) is 1. The molecule has 0 aromatic heterocycles. The first-order valence-corrected chi connectivity index (χ1v) is 7.41. The molecule has 1 heterocycles. The zero-order valence-corrected chi connectivity index (χ0v) is 12.2. The number of amides is 2. The Bertz CT molecular complexity index is 555. The van der Waals surface area contributed by atoms with E-state index in [4.69, 9.17) is 5.11 Å². The summed E-state index contributed by atoms with van der Waals surface area (Å²) in [6.07, 6.45) is 3.31. The number of piperidine rings is 1. The van der Waals surface area contributed by atoms with Gasteiger partial charge in [0, 0.05) is 18.3 Å². The van der Waals surface area contributed by atoms with Gasteiger partial charge in [0.2, 0.25) is 0 Å². The third kappa shape index (κ3) is 2.73. The molecule has 2 atom stereocenters. The smallest absolute Gasteiger partial charge is 0.325 e. The van der Waals surface area contributed by atoms with Gasteiger partial charge >= 0.3 is 12.0 Å². The van der Waals surface area contributed by atoms with Gasteiger partial charge in [-0.25, -0.2) is 4.79 Å². The van der Waals surface area contributed by atoms with Crippen LogP contribution in [0, 0.1) is 12.8 Å². The van der Waals surface area contributed by atoms with E-state index in [0.717, 1.165) is 24.9 Å². The number of aryl methyl sites for hydroxylation is 1. The first kappa shape index (κ1) is 13.9. The number of rotatable bonds is 3. The molecule has 1 N–H and O–H groups in total. The molecule has 0 radical (unpaired) electrons. The van der Waals surface area contributed by atoms with Crippen LogP contribution in [-0.2, 0) is 4.79 Å². The molecular formula is C16H20N2O3. The number of nitrogens with zero attached hydrogens (tertiary/aromatic N) is 2. The summed E-state index contributed by atoms with van der Waals surface area (Å²) in [5, 5.41) is 9.11. The van der Waals surface area contributed by atoms with Crippen molar-refractivity contribution in [2.45, 2.75) is 32.2 Å². The highest BCUT2D eigenvalue weighted by molar-refractivity contribution is 5.96. The SMILES string of the molecule is Cc1ccc(N(CC(=O)O)C(=O)N2CC3CCC2C3)cc1. The fourth-order valence-electron chi connectivity index (χ4n) is 3.44. The fourth-order valence-corrected chi connectivity index (χ4v) is 3.44. The summed E-state index contributed by atoms with van der Waals surface area (Å²) < 4.78 is 0. The van der Waals surface area contributed by atoms with E-state index in [1.54, 1.807) is 0 Å². The third-order valence-corrected chi connectivity index (χ3v) is 4.52. The minimum absolute atomic E-state index is 0.173. The van der Waals surface area contributed by atoms with Gasteiger partial charge in [-0.15, -0.1) is 0 Å². The average molecular weight is 288 g/mol. The van der Waals surface area contributed by atoms with E-state index in [1.165, 1.54) is 11.3 Å². The number of likely N-dealkylation sites (tertiary alicyclic amines) is 1. The number of benzene rings is 1. The van der Waals surface area contributed by atoms with E-state index in [1.807, 2.05) is 36.1 Å². The van der Waals surface area contributed by atoms with Crippen molar-refractivity contribution < 1.29 is 14.7 Å². The van der Waals surface area contributed by atoms with E-state index >= 15 is 0 Å². The zero-order valence-electron chi connectivity index (χ0n) is 12.2. The Morgan fingerprint density at radius 2 is 2.00 bits per heavy atom. The number of aliphatic carboxylic acids is 1. The molecule has 3 rings (SSSR count). The van der Waals surface area contributed by atoms with Crippen LogP contribution in [0.15, 0.2) is 24.3 Å². The van der Waals surface area contributed by atoms with Crippen LogP contribution >= 0.6 is 0 Å². The van der Waals surface area contributed by atoms with Crippen molar-refractivity contribution in [3.8, 4) is 0 Å². The molecule has 5 nitrogen and oxygen atoms in total. The Morgan fingerprint density at radius 1 is 1.29 bits per heavy atom. The minimum Gasteiger partial charge on any atom is -0.480 e. The second kappa shape index (κ2) is 5.39. The summed E-state index contributed by atoms with van der Waals surface area (Å²) in [5.74, 6) is -0.392. The Hall–Kier alpha value is -2.04. The monoisotopic (exact) mass is 288 g/mol. The van der Waals surface area contributed by atoms with Crippen LogP contribution in [0.1, 0.15) is 24.8 Å². The molecule has 1 aromatic rings. The summed E-state index contributed by atoms with van der Waals surface area (Å²) in [6.45, 7) is 2.44. The average Bonchev–Trinajstić information content (AvgIpc) is 3.07. The first-order chi connectivity index (χ1) is 10.0. The number of carbonyl (C=O) groups excluding carboxylic acids is 1. The topological polar surface area (TPSA) is 60.9 Å². The summed E-state index contributed by atoms with van der Waals surface area (Å²) in [5.41, 5.74) is 1.73. The molecule has 5 heteroatoms. The van der Waals surface area contributed by atoms with Crippen LogP contribution < -0.4 is 4.90 Å². The molecule has 2 unspecified atom stereocenters. The lowest BCUT2D eigenvalue weighted by molar-refractivity contribution is -0.135. The van der Waals surface area contributed by atoms with E-state index in [0.29, 0.717) is 17.6 Å². The van der Waals surface area contributed by atoms with Gasteiger partial charge in [-0.2, -0.15) is 0 Å². The third-order valence-electron chi connectivity index (χ3n) is 4.52. The van der Waals surface area contributed by atoms with Gasteiger partial charge in [0.1, 0.15) is 6.54 Å². The molecular weight excluding hydrogens is 268 g/mol. The van der Waals surface area contributed by atoms with Crippen LogP contribution in [0.2, 0.25) is 0 Å². The number of carboxylic acid groups (broad SMARTS) is 1. The lowest BCUT2D eigenvalue weighted by Crippen LogP contribution is -2.48. The Labute approximate surface area is 124 Å². The molecule has 1 aliphatic carbocycles. The summed E-state index contributed by atoms with van der Waals surface area (Å²) in [6, 6.07) is 7.54. The van der Waals surface area contributed by atoms with Gasteiger partial charge in [0.25, 0.3) is 0 Å². The predicted molar refractivity (Wildman–Crippen MR) is 79.4 cm³/mol. The molecule has 1 saturated heterocycles. The maximum absolute atomic E-state index is 12.7. The molecule has 0 spiro atoms. The van der Waals surface area contributed by atoms with Crippen LogP contribution in [0.3, 0.4) is 0 Å². The van der Waals surface area contributed by atoms with Crippen molar-refractivity contribution in [1.29, 1.82) is 0 Å². The van der Waals surface area contributed by atoms with Gasteiger partial charge in [-0.1, -0.05) is 17.7 Å². The summed E-state index contributed by atoms with van der Waals surface area (Å²) >= 11 is 0. The van der Waals surface area contributed by atoms with Crippen LogP contribution in [0.4, 0.5) is 10.5 Å². The Kier molecular flexibility index (Phi) is 3.57. The number of carboxylic acids is 1. The van der Waals surface area contributed by atoms with Crippen molar-refractivity contribution in [2.24, 2.45) is 5.92 Å². The quantitative estimate of drug-likeness (QED) is 0.929. The van der Waals surface area contributed by atoms with E-state index in [2.05, 4.69) is 0 Å². The number of urea groups is 1. The molecule has 21 heavy (non-hydrogen) atoms. The van der Waals surface area contributed by atoms with Gasteiger partial charge in [-0.3, -0.25) is 9.69 Å². The van der Waals surface area contributed by atoms with Crippen LogP contribution in [-0.4, -0.2) is 41.1 Å². The van der Waals surface area contributed by atoms with Crippen molar-refractivity contribution in [3.63, 3.8) is 0 Å². The maximum atomic E-state index is 12.7. The molecule has 112 valence electrons. The Morgan fingerprint density at radius 3 is 2.52 bits per heavy atom. The van der Waals surface area contributed by atoms with Crippen LogP contribution in [0.25, 0.3) is 0 Å².